The van der Waals surface area contributed by atoms with E-state index in [1.165, 1.54) is 31.0 Å². The predicted molar refractivity (Wildman–Crippen MR) is 82.4 cm³/mol. The molecule has 0 aromatic heterocycles. The zero-order valence-electron chi connectivity index (χ0n) is 10.7. The summed E-state index contributed by atoms with van der Waals surface area (Å²) in [4.78, 5) is 11.9. The van der Waals surface area contributed by atoms with Crippen LogP contribution in [0.2, 0.25) is 0 Å². The molecular weight excluding hydrogens is 366 g/mol. The summed E-state index contributed by atoms with van der Waals surface area (Å²) in [5.41, 5.74) is 0.553. The lowest BCUT2D eigenvalue weighted by Gasteiger charge is -2.11. The summed E-state index contributed by atoms with van der Waals surface area (Å²) in [7, 11) is 1.51. The molecule has 1 aromatic rings. The highest BCUT2D eigenvalue weighted by Crippen LogP contribution is 2.30. The number of carbonyl (C=O) groups excluding carboxylic acids is 1. The van der Waals surface area contributed by atoms with Crippen LogP contribution in [0.3, 0.4) is 0 Å². The average molecular weight is 381 g/mol. The molecule has 0 radical (unpaired) electrons. The molecule has 1 aliphatic rings. The van der Waals surface area contributed by atoms with Gasteiger partial charge in [-0.15, -0.1) is 0 Å². The third-order valence-electron chi connectivity index (χ3n) is 3.44. The van der Waals surface area contributed by atoms with E-state index in [0.29, 0.717) is 22.5 Å². The molecule has 4 nitrogen and oxygen atoms in total. The third kappa shape index (κ3) is 4.20. The standard InChI is InChI=1S/C13H15BrClNO3S/c14-11-8-10(20(15,18)19)5-6-12(11)16-13(17)7-9-3-1-2-4-9/h5-6,8-9H,1-4,7H2,(H,16,17). The summed E-state index contributed by atoms with van der Waals surface area (Å²) in [6.07, 6.45) is 5.13. The highest BCUT2D eigenvalue weighted by Gasteiger charge is 2.19. The third-order valence-corrected chi connectivity index (χ3v) is 5.45. The molecule has 1 aromatic carbocycles. The van der Waals surface area contributed by atoms with Gasteiger partial charge in [0, 0.05) is 21.6 Å². The van der Waals surface area contributed by atoms with Crippen molar-refractivity contribution >= 4 is 47.3 Å². The Kier molecular flexibility index (Phi) is 5.09. The van der Waals surface area contributed by atoms with E-state index in [1.807, 2.05) is 0 Å². The maximum absolute atomic E-state index is 11.9. The van der Waals surface area contributed by atoms with Gasteiger partial charge in [0.25, 0.3) is 9.05 Å². The molecule has 1 amide bonds. The molecule has 0 atom stereocenters. The zero-order chi connectivity index (χ0) is 14.8. The Balaban J connectivity index is 2.04. The van der Waals surface area contributed by atoms with Gasteiger partial charge in [-0.1, -0.05) is 12.8 Å². The molecule has 1 aliphatic carbocycles. The van der Waals surface area contributed by atoms with Crippen LogP contribution in [0.1, 0.15) is 32.1 Å². The fourth-order valence-electron chi connectivity index (χ4n) is 2.43. The van der Waals surface area contributed by atoms with Gasteiger partial charge in [0.15, 0.2) is 0 Å². The van der Waals surface area contributed by atoms with E-state index in [9.17, 15) is 13.2 Å². The van der Waals surface area contributed by atoms with Crippen molar-refractivity contribution < 1.29 is 13.2 Å². The van der Waals surface area contributed by atoms with E-state index >= 15 is 0 Å². The lowest BCUT2D eigenvalue weighted by atomic mass is 10.0. The maximum atomic E-state index is 11.9. The number of halogens is 2. The molecule has 0 bridgehead atoms. The second-order valence-electron chi connectivity index (χ2n) is 4.98. The first-order valence-corrected chi connectivity index (χ1v) is 9.50. The average Bonchev–Trinajstić information content (AvgIpc) is 2.83. The van der Waals surface area contributed by atoms with Gasteiger partial charge in [0.1, 0.15) is 0 Å². The molecule has 0 spiro atoms. The smallest absolute Gasteiger partial charge is 0.261 e. The van der Waals surface area contributed by atoms with Gasteiger partial charge in [-0.25, -0.2) is 8.42 Å². The van der Waals surface area contributed by atoms with Crippen LogP contribution >= 0.6 is 26.6 Å². The number of hydrogen-bond acceptors (Lipinski definition) is 3. The predicted octanol–water partition coefficient (Wildman–Crippen LogP) is 3.90. The van der Waals surface area contributed by atoms with Crippen molar-refractivity contribution in [2.75, 3.05) is 5.32 Å². The zero-order valence-corrected chi connectivity index (χ0v) is 13.9. The topological polar surface area (TPSA) is 63.2 Å². The first-order chi connectivity index (χ1) is 9.36. The Morgan fingerprint density at radius 3 is 2.55 bits per heavy atom. The molecule has 0 unspecified atom stereocenters. The van der Waals surface area contributed by atoms with Crippen molar-refractivity contribution in [1.82, 2.24) is 0 Å². The molecule has 110 valence electrons. The van der Waals surface area contributed by atoms with Gasteiger partial charge in [-0.05, 0) is 52.9 Å². The van der Waals surface area contributed by atoms with Gasteiger partial charge < -0.3 is 5.32 Å². The van der Waals surface area contributed by atoms with Gasteiger partial charge in [-0.2, -0.15) is 0 Å². The quantitative estimate of drug-likeness (QED) is 0.806. The Hall–Kier alpha value is -0.590. The minimum Gasteiger partial charge on any atom is -0.325 e. The van der Waals surface area contributed by atoms with Crippen LogP contribution in [-0.4, -0.2) is 14.3 Å². The number of amides is 1. The van der Waals surface area contributed by atoms with Gasteiger partial charge in [0.2, 0.25) is 5.91 Å². The second kappa shape index (κ2) is 6.45. The summed E-state index contributed by atoms with van der Waals surface area (Å²) in [5, 5.41) is 2.79. The van der Waals surface area contributed by atoms with E-state index in [0.717, 1.165) is 12.8 Å². The lowest BCUT2D eigenvalue weighted by molar-refractivity contribution is -0.117. The summed E-state index contributed by atoms with van der Waals surface area (Å²) in [6, 6.07) is 4.29. The lowest BCUT2D eigenvalue weighted by Crippen LogP contribution is -2.15. The molecule has 0 heterocycles. The van der Waals surface area contributed by atoms with Crippen molar-refractivity contribution in [3.05, 3.63) is 22.7 Å². The van der Waals surface area contributed by atoms with E-state index in [4.69, 9.17) is 10.7 Å². The molecule has 1 N–H and O–H groups in total. The maximum Gasteiger partial charge on any atom is 0.261 e. The van der Waals surface area contributed by atoms with Crippen LogP contribution in [0.5, 0.6) is 0 Å². The summed E-state index contributed by atoms with van der Waals surface area (Å²) < 4.78 is 22.9. The fourth-order valence-corrected chi connectivity index (χ4v) is 3.83. The molecule has 0 saturated heterocycles. The monoisotopic (exact) mass is 379 g/mol. The first-order valence-electron chi connectivity index (χ1n) is 6.40. The molecule has 7 heteroatoms. The van der Waals surface area contributed by atoms with Crippen molar-refractivity contribution in [1.29, 1.82) is 0 Å². The van der Waals surface area contributed by atoms with Gasteiger partial charge in [0.05, 0.1) is 10.6 Å². The van der Waals surface area contributed by atoms with Gasteiger partial charge in [-0.3, -0.25) is 4.79 Å². The molecular formula is C13H15BrClNO3S. The SMILES string of the molecule is O=C(CC1CCCC1)Nc1ccc(S(=O)(=O)Cl)cc1Br. The normalized spacial score (nSPS) is 16.3. The van der Waals surface area contributed by atoms with E-state index in [2.05, 4.69) is 21.2 Å². The van der Waals surface area contributed by atoms with Crippen LogP contribution < -0.4 is 5.32 Å². The Labute approximate surface area is 131 Å². The van der Waals surface area contributed by atoms with Crippen LogP contribution in [0.4, 0.5) is 5.69 Å². The number of benzene rings is 1. The van der Waals surface area contributed by atoms with Crippen molar-refractivity contribution in [2.45, 2.75) is 37.0 Å². The minimum absolute atomic E-state index is 0.000154. The molecule has 0 aliphatic heterocycles. The summed E-state index contributed by atoms with van der Waals surface area (Å²) in [5.74, 6) is 0.426. The number of anilines is 1. The van der Waals surface area contributed by atoms with Gasteiger partial charge >= 0.3 is 0 Å². The highest BCUT2D eigenvalue weighted by atomic mass is 79.9. The Morgan fingerprint density at radius 1 is 1.35 bits per heavy atom. The summed E-state index contributed by atoms with van der Waals surface area (Å²) in [6.45, 7) is 0. The Bertz CT molecular complexity index is 612. The van der Waals surface area contributed by atoms with E-state index < -0.39 is 9.05 Å². The highest BCUT2D eigenvalue weighted by molar-refractivity contribution is 9.10. The largest absolute Gasteiger partial charge is 0.325 e. The van der Waals surface area contributed by atoms with E-state index in [-0.39, 0.29) is 10.8 Å². The van der Waals surface area contributed by atoms with E-state index in [1.54, 1.807) is 0 Å². The molecule has 2 rings (SSSR count). The van der Waals surface area contributed by atoms with Crippen LogP contribution in [0.25, 0.3) is 0 Å². The number of carbonyl (C=O) groups is 1. The van der Waals surface area contributed by atoms with Crippen molar-refractivity contribution in [3.8, 4) is 0 Å². The fraction of sp³-hybridized carbons (Fsp3) is 0.462. The first kappa shape index (κ1) is 15.8. The van der Waals surface area contributed by atoms with Crippen molar-refractivity contribution in [3.63, 3.8) is 0 Å². The number of rotatable bonds is 4. The Morgan fingerprint density at radius 2 is 2.00 bits per heavy atom. The molecule has 1 fully saturated rings. The van der Waals surface area contributed by atoms with Crippen LogP contribution in [0.15, 0.2) is 27.6 Å². The van der Waals surface area contributed by atoms with Crippen LogP contribution in [-0.2, 0) is 13.8 Å². The minimum atomic E-state index is -3.76. The van der Waals surface area contributed by atoms with Crippen molar-refractivity contribution in [2.24, 2.45) is 5.92 Å². The number of nitrogens with one attached hydrogen (secondary N) is 1. The molecule has 1 saturated carbocycles. The molecule has 20 heavy (non-hydrogen) atoms. The number of hydrogen-bond donors (Lipinski definition) is 1. The summed E-state index contributed by atoms with van der Waals surface area (Å²) >= 11 is 3.24. The second-order valence-corrected chi connectivity index (χ2v) is 8.40. The van der Waals surface area contributed by atoms with Crippen LogP contribution in [0, 0.1) is 5.92 Å².